The van der Waals surface area contributed by atoms with Crippen LogP contribution >= 0.6 is 11.6 Å². The Morgan fingerprint density at radius 2 is 2.06 bits per heavy atom. The van der Waals surface area contributed by atoms with Gasteiger partial charge >= 0.3 is 0 Å². The number of carbonyl (C=O) groups excluding carboxylic acids is 2. The summed E-state index contributed by atoms with van der Waals surface area (Å²) in [6, 6.07) is 7.59. The van der Waals surface area contributed by atoms with Gasteiger partial charge in [-0.25, -0.2) is 0 Å². The number of ketones is 1. The number of hydrogen-bond acceptors (Lipinski definition) is 6. The topological polar surface area (TPSA) is 83.0 Å². The lowest BCUT2D eigenvalue weighted by atomic mass is 9.96. The van der Waals surface area contributed by atoms with E-state index in [0.717, 1.165) is 6.54 Å². The number of aromatic nitrogens is 1. The van der Waals surface area contributed by atoms with Crippen molar-refractivity contribution < 1.29 is 19.4 Å². The Hall–Kier alpha value is -2.90. The molecule has 1 aliphatic rings. The van der Waals surface area contributed by atoms with Crippen LogP contribution in [0, 0.1) is 0 Å². The van der Waals surface area contributed by atoms with Crippen LogP contribution in [0.25, 0.3) is 5.76 Å². The molecular formula is C23H26ClN3O4. The molecule has 3 rings (SSSR count). The quantitative estimate of drug-likeness (QED) is 0.382. The molecular weight excluding hydrogens is 418 g/mol. The highest BCUT2D eigenvalue weighted by Gasteiger charge is 2.45. The normalized spacial score (nSPS) is 18.1. The highest BCUT2D eigenvalue weighted by molar-refractivity contribution is 6.46. The van der Waals surface area contributed by atoms with E-state index in [1.54, 1.807) is 36.7 Å². The maximum atomic E-state index is 13.0. The van der Waals surface area contributed by atoms with Crippen LogP contribution in [0.1, 0.15) is 30.5 Å². The van der Waals surface area contributed by atoms with Crippen LogP contribution in [0.15, 0.2) is 48.3 Å². The van der Waals surface area contributed by atoms with Crippen LogP contribution in [0.5, 0.6) is 5.75 Å². The van der Waals surface area contributed by atoms with Crippen LogP contribution in [-0.2, 0) is 9.59 Å². The van der Waals surface area contributed by atoms with Gasteiger partial charge in [0.2, 0.25) is 0 Å². The number of amides is 1. The molecule has 0 spiro atoms. The molecule has 2 heterocycles. The molecule has 1 atom stereocenters. The highest BCUT2D eigenvalue weighted by atomic mass is 35.5. The van der Waals surface area contributed by atoms with Crippen LogP contribution in [0.3, 0.4) is 0 Å². The summed E-state index contributed by atoms with van der Waals surface area (Å²) in [4.78, 5) is 33.5. The smallest absolute Gasteiger partial charge is 0.295 e. The Bertz CT molecular complexity index is 992. The molecule has 0 radical (unpaired) electrons. The molecule has 7 nitrogen and oxygen atoms in total. The summed E-state index contributed by atoms with van der Waals surface area (Å²) < 4.78 is 5.43. The van der Waals surface area contributed by atoms with Gasteiger partial charge in [0, 0.05) is 24.5 Å². The predicted molar refractivity (Wildman–Crippen MR) is 119 cm³/mol. The van der Waals surface area contributed by atoms with Gasteiger partial charge in [-0.2, -0.15) is 0 Å². The number of nitrogens with zero attached hydrogens (tertiary/aromatic N) is 3. The molecule has 1 amide bonds. The number of benzene rings is 1. The van der Waals surface area contributed by atoms with E-state index < -0.39 is 17.7 Å². The molecule has 1 aliphatic heterocycles. The van der Waals surface area contributed by atoms with E-state index in [0.29, 0.717) is 41.5 Å². The third-order valence-corrected chi connectivity index (χ3v) is 5.34. The van der Waals surface area contributed by atoms with E-state index in [1.807, 2.05) is 25.9 Å². The van der Waals surface area contributed by atoms with Gasteiger partial charge < -0.3 is 19.6 Å². The largest absolute Gasteiger partial charge is 0.507 e. The number of ether oxygens (including phenoxy) is 1. The number of likely N-dealkylation sites (tertiary alicyclic amines) is 1. The molecule has 0 aliphatic carbocycles. The number of carbonyl (C=O) groups is 2. The summed E-state index contributed by atoms with van der Waals surface area (Å²) in [7, 11) is 3.89. The van der Waals surface area contributed by atoms with E-state index in [2.05, 4.69) is 4.98 Å². The number of aliphatic hydroxyl groups excluding tert-OH is 1. The summed E-state index contributed by atoms with van der Waals surface area (Å²) in [5, 5.41) is 11.4. The first kappa shape index (κ1) is 22.8. The first-order valence-electron chi connectivity index (χ1n) is 10.1. The second kappa shape index (κ2) is 9.94. The number of rotatable bonds is 8. The van der Waals surface area contributed by atoms with Crippen molar-refractivity contribution in [1.82, 2.24) is 14.8 Å². The monoisotopic (exact) mass is 443 g/mol. The Kier molecular flexibility index (Phi) is 7.30. The first-order valence-corrected chi connectivity index (χ1v) is 10.5. The number of pyridine rings is 1. The third-order valence-electron chi connectivity index (χ3n) is 5.05. The van der Waals surface area contributed by atoms with Crippen LogP contribution < -0.4 is 4.74 Å². The van der Waals surface area contributed by atoms with Crippen molar-refractivity contribution >= 4 is 29.1 Å². The molecule has 2 aromatic rings. The SMILES string of the molecule is CCOc1ccc(/C(O)=C2\C(=O)C(=O)N(CCCN(C)C)[C@H]2c2cccnc2)cc1Cl. The lowest BCUT2D eigenvalue weighted by Gasteiger charge is -2.25. The molecule has 1 fully saturated rings. The summed E-state index contributed by atoms with van der Waals surface area (Å²) in [5.41, 5.74) is 1.03. The minimum atomic E-state index is -0.721. The Labute approximate surface area is 186 Å². The van der Waals surface area contributed by atoms with Crippen molar-refractivity contribution in [1.29, 1.82) is 0 Å². The van der Waals surface area contributed by atoms with Crippen LogP contribution in [0.2, 0.25) is 5.02 Å². The van der Waals surface area contributed by atoms with Crippen molar-refractivity contribution in [3.63, 3.8) is 0 Å². The Balaban J connectivity index is 2.06. The molecule has 1 saturated heterocycles. The summed E-state index contributed by atoms with van der Waals surface area (Å²) in [6.45, 7) is 3.43. The molecule has 31 heavy (non-hydrogen) atoms. The van der Waals surface area contributed by atoms with E-state index in [4.69, 9.17) is 16.3 Å². The number of halogens is 1. The fraction of sp³-hybridized carbons (Fsp3) is 0.348. The summed E-state index contributed by atoms with van der Waals surface area (Å²) in [5.74, 6) is -1.15. The lowest BCUT2D eigenvalue weighted by Crippen LogP contribution is -2.32. The average molecular weight is 444 g/mol. The Morgan fingerprint density at radius 1 is 1.29 bits per heavy atom. The number of Topliss-reactive ketones (excluding diaryl/α,β-unsaturated/α-hetero) is 1. The lowest BCUT2D eigenvalue weighted by molar-refractivity contribution is -0.139. The van der Waals surface area contributed by atoms with Crippen molar-refractivity contribution in [3.8, 4) is 5.75 Å². The fourth-order valence-electron chi connectivity index (χ4n) is 3.63. The van der Waals surface area contributed by atoms with E-state index in [9.17, 15) is 14.7 Å². The molecule has 0 bridgehead atoms. The maximum Gasteiger partial charge on any atom is 0.295 e. The summed E-state index contributed by atoms with van der Waals surface area (Å²) >= 11 is 6.27. The Morgan fingerprint density at radius 3 is 2.68 bits per heavy atom. The second-order valence-corrected chi connectivity index (χ2v) is 7.92. The first-order chi connectivity index (χ1) is 14.8. The van der Waals surface area contributed by atoms with Gasteiger partial charge in [-0.1, -0.05) is 17.7 Å². The standard InChI is InChI=1S/C23H26ClN3O4/c1-4-31-18-9-8-15(13-17(18)24)21(28)19-20(16-7-5-10-25-14-16)27(23(30)22(19)29)12-6-11-26(2)3/h5,7-10,13-14,20,28H,4,6,11-12H2,1-3H3/b21-19+/t20-/m0/s1. The molecule has 164 valence electrons. The van der Waals surface area contributed by atoms with Crippen LogP contribution in [0.4, 0.5) is 0 Å². The van der Waals surface area contributed by atoms with Gasteiger partial charge in [-0.05, 0) is 63.8 Å². The predicted octanol–water partition coefficient (Wildman–Crippen LogP) is 3.51. The molecule has 0 unspecified atom stereocenters. The van der Waals surface area contributed by atoms with Crippen molar-refractivity contribution in [3.05, 3.63) is 64.4 Å². The zero-order valence-corrected chi connectivity index (χ0v) is 18.6. The van der Waals surface area contributed by atoms with Crippen LogP contribution in [-0.4, -0.2) is 65.4 Å². The van der Waals surface area contributed by atoms with Gasteiger partial charge in [-0.15, -0.1) is 0 Å². The minimum absolute atomic E-state index is 0.0306. The minimum Gasteiger partial charge on any atom is -0.507 e. The number of hydrogen-bond donors (Lipinski definition) is 1. The molecule has 1 N–H and O–H groups in total. The third kappa shape index (κ3) is 4.89. The van der Waals surface area contributed by atoms with E-state index in [1.165, 1.54) is 11.0 Å². The van der Waals surface area contributed by atoms with Gasteiger partial charge in [0.15, 0.2) is 0 Å². The van der Waals surface area contributed by atoms with Crippen molar-refractivity contribution in [2.24, 2.45) is 0 Å². The molecule has 1 aromatic heterocycles. The van der Waals surface area contributed by atoms with Crippen molar-refractivity contribution in [2.75, 3.05) is 33.8 Å². The fourth-order valence-corrected chi connectivity index (χ4v) is 3.86. The van der Waals surface area contributed by atoms with E-state index in [-0.39, 0.29) is 11.3 Å². The molecule has 8 heteroatoms. The maximum absolute atomic E-state index is 13.0. The zero-order chi connectivity index (χ0) is 22.5. The van der Waals surface area contributed by atoms with Gasteiger partial charge in [-0.3, -0.25) is 14.6 Å². The zero-order valence-electron chi connectivity index (χ0n) is 17.8. The van der Waals surface area contributed by atoms with Gasteiger partial charge in [0.25, 0.3) is 11.7 Å². The van der Waals surface area contributed by atoms with E-state index >= 15 is 0 Å². The number of aliphatic hydroxyl groups is 1. The van der Waals surface area contributed by atoms with Gasteiger partial charge in [0.1, 0.15) is 11.5 Å². The van der Waals surface area contributed by atoms with Crippen molar-refractivity contribution in [2.45, 2.75) is 19.4 Å². The molecule has 0 saturated carbocycles. The summed E-state index contributed by atoms with van der Waals surface area (Å²) in [6.07, 6.45) is 3.91. The highest BCUT2D eigenvalue weighted by Crippen LogP contribution is 2.40. The second-order valence-electron chi connectivity index (χ2n) is 7.51. The molecule has 1 aromatic carbocycles. The average Bonchev–Trinajstić information content (AvgIpc) is 3.00. The van der Waals surface area contributed by atoms with Gasteiger partial charge in [0.05, 0.1) is 23.2 Å².